The molecule has 0 atom stereocenters. The molecule has 4 aromatic heterocycles. The summed E-state index contributed by atoms with van der Waals surface area (Å²) in [7, 11) is 0. The summed E-state index contributed by atoms with van der Waals surface area (Å²) in [6, 6.07) is 8.17. The van der Waals surface area contributed by atoms with Gasteiger partial charge in [0.2, 0.25) is 0 Å². The van der Waals surface area contributed by atoms with Crippen LogP contribution in [0.15, 0.2) is 55.2 Å². The molecule has 0 amide bonds. The predicted molar refractivity (Wildman–Crippen MR) is 102 cm³/mol. The van der Waals surface area contributed by atoms with Gasteiger partial charge in [-0.05, 0) is 37.1 Å². The Bertz CT molecular complexity index is 1050. The van der Waals surface area contributed by atoms with E-state index in [4.69, 9.17) is 0 Å². The summed E-state index contributed by atoms with van der Waals surface area (Å²) in [5.41, 5.74) is 5.88. The highest BCUT2D eigenvalue weighted by atomic mass is 15.2. The molecule has 1 saturated heterocycles. The van der Waals surface area contributed by atoms with E-state index < -0.39 is 0 Å². The molecular weight excluding hydrogens is 324 g/mol. The highest BCUT2D eigenvalue weighted by Crippen LogP contribution is 2.31. The molecular formula is C20H18N6. The molecule has 128 valence electrons. The molecule has 0 bridgehead atoms. The Balaban J connectivity index is 1.60. The highest BCUT2D eigenvalue weighted by Gasteiger charge is 2.15. The van der Waals surface area contributed by atoms with Crippen LogP contribution in [0.3, 0.4) is 0 Å². The maximum absolute atomic E-state index is 4.53. The molecule has 5 heterocycles. The molecule has 0 saturated carbocycles. The second kappa shape index (κ2) is 6.22. The molecule has 6 heteroatoms. The van der Waals surface area contributed by atoms with E-state index >= 15 is 0 Å². The van der Waals surface area contributed by atoms with E-state index in [1.165, 1.54) is 12.8 Å². The minimum absolute atomic E-state index is 0.886. The largest absolute Gasteiger partial charge is 0.370 e. The molecule has 0 unspecified atom stereocenters. The number of nitrogens with one attached hydrogen (secondary N) is 1. The van der Waals surface area contributed by atoms with Crippen LogP contribution in [0.5, 0.6) is 0 Å². The fourth-order valence-electron chi connectivity index (χ4n) is 3.51. The van der Waals surface area contributed by atoms with Crippen LogP contribution in [-0.2, 0) is 0 Å². The van der Waals surface area contributed by atoms with Gasteiger partial charge >= 0.3 is 0 Å². The lowest BCUT2D eigenvalue weighted by Gasteiger charge is -2.17. The first-order chi connectivity index (χ1) is 12.9. The van der Waals surface area contributed by atoms with E-state index in [-0.39, 0.29) is 0 Å². The number of fused-ring (bicyclic) bond motifs is 1. The lowest BCUT2D eigenvalue weighted by Crippen LogP contribution is -2.17. The van der Waals surface area contributed by atoms with Crippen LogP contribution in [0, 0.1) is 0 Å². The smallest absolute Gasteiger partial charge is 0.102 e. The quantitative estimate of drug-likeness (QED) is 0.615. The van der Waals surface area contributed by atoms with E-state index in [2.05, 4.69) is 42.2 Å². The second-order valence-electron chi connectivity index (χ2n) is 6.56. The fraction of sp³-hybridized carbons (Fsp3) is 0.200. The molecule has 0 aromatic carbocycles. The Morgan fingerprint density at radius 3 is 2.65 bits per heavy atom. The zero-order chi connectivity index (χ0) is 17.3. The number of hydrogen-bond donors (Lipinski definition) is 1. The number of aromatic nitrogens is 5. The first kappa shape index (κ1) is 15.0. The SMILES string of the molecule is c1cncc(-c2cc3c(-c4cncc(N5CCCC5)c4)n[nH]c3cn2)c1. The Kier molecular flexibility index (Phi) is 3.59. The Hall–Kier alpha value is -3.28. The Morgan fingerprint density at radius 1 is 0.923 bits per heavy atom. The number of pyridine rings is 3. The lowest BCUT2D eigenvalue weighted by atomic mass is 10.1. The zero-order valence-electron chi connectivity index (χ0n) is 14.3. The fourth-order valence-corrected chi connectivity index (χ4v) is 3.51. The van der Waals surface area contributed by atoms with Crippen molar-refractivity contribution in [3.05, 3.63) is 55.2 Å². The summed E-state index contributed by atoms with van der Waals surface area (Å²) in [6.45, 7) is 2.20. The van der Waals surface area contributed by atoms with Gasteiger partial charge in [-0.1, -0.05) is 0 Å². The summed E-state index contributed by atoms with van der Waals surface area (Å²) in [4.78, 5) is 15.6. The monoisotopic (exact) mass is 342 g/mol. The van der Waals surface area contributed by atoms with E-state index in [0.29, 0.717) is 0 Å². The Labute approximate surface area is 150 Å². The third-order valence-electron chi connectivity index (χ3n) is 4.87. The van der Waals surface area contributed by atoms with Crippen molar-refractivity contribution in [3.8, 4) is 22.5 Å². The van der Waals surface area contributed by atoms with E-state index in [0.717, 1.165) is 52.2 Å². The minimum Gasteiger partial charge on any atom is -0.370 e. The number of H-pyrrole nitrogens is 1. The number of rotatable bonds is 3. The molecule has 1 N–H and O–H groups in total. The summed E-state index contributed by atoms with van der Waals surface area (Å²) in [5, 5.41) is 8.65. The first-order valence-corrected chi connectivity index (χ1v) is 8.83. The standard InChI is InChI=1S/C20H18N6/c1-2-7-26(6-1)16-8-15(11-22-12-16)20-17-9-18(14-4-3-5-21-10-14)23-13-19(17)24-25-20/h3-5,8-13H,1-2,6-7H2,(H,24,25). The molecule has 1 aliphatic rings. The number of hydrogen-bond acceptors (Lipinski definition) is 5. The van der Waals surface area contributed by atoms with Gasteiger partial charge < -0.3 is 4.90 Å². The number of anilines is 1. The second-order valence-corrected chi connectivity index (χ2v) is 6.56. The summed E-state index contributed by atoms with van der Waals surface area (Å²) in [5.74, 6) is 0. The van der Waals surface area contributed by atoms with Crippen molar-refractivity contribution in [1.29, 1.82) is 0 Å². The van der Waals surface area contributed by atoms with E-state index in [9.17, 15) is 0 Å². The average Bonchev–Trinajstić information content (AvgIpc) is 3.38. The molecule has 4 aromatic rings. The van der Waals surface area contributed by atoms with Gasteiger partial charge in [0, 0.05) is 48.2 Å². The number of nitrogens with zero attached hydrogens (tertiary/aromatic N) is 5. The maximum Gasteiger partial charge on any atom is 0.102 e. The first-order valence-electron chi connectivity index (χ1n) is 8.83. The van der Waals surface area contributed by atoms with Crippen molar-refractivity contribution in [3.63, 3.8) is 0 Å². The zero-order valence-corrected chi connectivity index (χ0v) is 14.3. The summed E-state index contributed by atoms with van der Waals surface area (Å²) < 4.78 is 0. The Morgan fingerprint density at radius 2 is 1.81 bits per heavy atom. The molecule has 0 aliphatic carbocycles. The normalized spacial score (nSPS) is 14.2. The third-order valence-corrected chi connectivity index (χ3v) is 4.87. The van der Waals surface area contributed by atoms with Gasteiger partial charge in [-0.15, -0.1) is 0 Å². The molecule has 0 radical (unpaired) electrons. The lowest BCUT2D eigenvalue weighted by molar-refractivity contribution is 0.949. The van der Waals surface area contributed by atoms with Gasteiger partial charge in [0.05, 0.1) is 29.3 Å². The van der Waals surface area contributed by atoms with Crippen molar-refractivity contribution in [2.75, 3.05) is 18.0 Å². The van der Waals surface area contributed by atoms with Crippen LogP contribution in [0.2, 0.25) is 0 Å². The summed E-state index contributed by atoms with van der Waals surface area (Å²) in [6.07, 6.45) is 11.7. The van der Waals surface area contributed by atoms with Crippen LogP contribution in [0.4, 0.5) is 5.69 Å². The van der Waals surface area contributed by atoms with Gasteiger partial charge in [0.1, 0.15) is 5.69 Å². The topological polar surface area (TPSA) is 70.6 Å². The number of aromatic amines is 1. The van der Waals surface area contributed by atoms with E-state index in [1.807, 2.05) is 36.9 Å². The molecule has 26 heavy (non-hydrogen) atoms. The van der Waals surface area contributed by atoms with Gasteiger partial charge in [-0.3, -0.25) is 20.1 Å². The van der Waals surface area contributed by atoms with Crippen LogP contribution >= 0.6 is 0 Å². The van der Waals surface area contributed by atoms with E-state index in [1.54, 1.807) is 6.20 Å². The summed E-state index contributed by atoms with van der Waals surface area (Å²) >= 11 is 0. The van der Waals surface area contributed by atoms with Gasteiger partial charge in [-0.2, -0.15) is 5.10 Å². The van der Waals surface area contributed by atoms with Crippen LogP contribution in [-0.4, -0.2) is 38.2 Å². The van der Waals surface area contributed by atoms with Crippen molar-refractivity contribution in [1.82, 2.24) is 25.1 Å². The minimum atomic E-state index is 0.886. The predicted octanol–water partition coefficient (Wildman–Crippen LogP) is 3.68. The van der Waals surface area contributed by atoms with Crippen molar-refractivity contribution >= 4 is 16.6 Å². The van der Waals surface area contributed by atoms with Crippen LogP contribution in [0.25, 0.3) is 33.4 Å². The van der Waals surface area contributed by atoms with Crippen molar-refractivity contribution < 1.29 is 0 Å². The van der Waals surface area contributed by atoms with Gasteiger partial charge in [0.25, 0.3) is 0 Å². The van der Waals surface area contributed by atoms with Crippen molar-refractivity contribution in [2.24, 2.45) is 0 Å². The average molecular weight is 342 g/mol. The van der Waals surface area contributed by atoms with Crippen molar-refractivity contribution in [2.45, 2.75) is 12.8 Å². The maximum atomic E-state index is 4.53. The molecule has 6 nitrogen and oxygen atoms in total. The van der Waals surface area contributed by atoms with Gasteiger partial charge in [0.15, 0.2) is 0 Å². The van der Waals surface area contributed by atoms with Crippen LogP contribution in [0.1, 0.15) is 12.8 Å². The highest BCUT2D eigenvalue weighted by molar-refractivity contribution is 5.94. The van der Waals surface area contributed by atoms with Gasteiger partial charge in [-0.25, -0.2) is 0 Å². The molecule has 1 fully saturated rings. The molecule has 1 aliphatic heterocycles. The van der Waals surface area contributed by atoms with Crippen LogP contribution < -0.4 is 4.90 Å². The molecule has 5 rings (SSSR count). The molecule has 0 spiro atoms. The third kappa shape index (κ3) is 2.60.